The monoisotopic (exact) mass is 217 g/mol. The highest BCUT2D eigenvalue weighted by Gasteiger charge is 2.19. The fourth-order valence-corrected chi connectivity index (χ4v) is 1.74. The van der Waals surface area contributed by atoms with Crippen LogP contribution in [0, 0.1) is 5.92 Å². The van der Waals surface area contributed by atoms with Crippen LogP contribution >= 0.6 is 0 Å². The van der Waals surface area contributed by atoms with Crippen LogP contribution in [0.5, 0.6) is 0 Å². The van der Waals surface area contributed by atoms with Crippen molar-refractivity contribution in [3.05, 3.63) is 0 Å². The third-order valence-electron chi connectivity index (χ3n) is 2.79. The summed E-state index contributed by atoms with van der Waals surface area (Å²) in [6.45, 7) is 5.76. The van der Waals surface area contributed by atoms with Gasteiger partial charge in [-0.15, -0.1) is 0 Å². The van der Waals surface area contributed by atoms with E-state index in [9.17, 15) is 0 Å². The molecule has 0 aromatic carbocycles. The molecular formula is C11H27N3O. The molecule has 92 valence electrons. The maximum Gasteiger partial charge on any atom is 0.0503 e. The van der Waals surface area contributed by atoms with Gasteiger partial charge in [-0.05, 0) is 27.1 Å². The van der Waals surface area contributed by atoms with Gasteiger partial charge < -0.3 is 20.3 Å². The predicted molar refractivity (Wildman–Crippen MR) is 65.1 cm³/mol. The van der Waals surface area contributed by atoms with Crippen LogP contribution in [0.4, 0.5) is 0 Å². The van der Waals surface area contributed by atoms with Gasteiger partial charge in [-0.3, -0.25) is 0 Å². The molecule has 0 aromatic heterocycles. The standard InChI is InChI=1S/C11H27N3O/c1-10(9-15-5)11(8-12)14(4)7-6-13(2)3/h10-11H,6-9,12H2,1-5H3. The molecule has 2 N–H and O–H groups in total. The third-order valence-corrected chi connectivity index (χ3v) is 2.79. The van der Waals surface area contributed by atoms with Crippen molar-refractivity contribution in [3.63, 3.8) is 0 Å². The molecule has 0 aliphatic heterocycles. The lowest BCUT2D eigenvalue weighted by Gasteiger charge is -2.32. The second-order valence-electron chi connectivity index (χ2n) is 4.52. The Labute approximate surface area is 94.4 Å². The van der Waals surface area contributed by atoms with Gasteiger partial charge in [-0.25, -0.2) is 0 Å². The van der Waals surface area contributed by atoms with Crippen LogP contribution in [0.1, 0.15) is 6.92 Å². The van der Waals surface area contributed by atoms with Crippen molar-refractivity contribution in [3.8, 4) is 0 Å². The summed E-state index contributed by atoms with van der Waals surface area (Å²) < 4.78 is 5.17. The number of nitrogens with two attached hydrogens (primary N) is 1. The highest BCUT2D eigenvalue weighted by molar-refractivity contribution is 4.76. The molecule has 15 heavy (non-hydrogen) atoms. The van der Waals surface area contributed by atoms with Crippen molar-refractivity contribution >= 4 is 0 Å². The molecule has 0 bridgehead atoms. The van der Waals surface area contributed by atoms with Crippen molar-refractivity contribution in [1.82, 2.24) is 9.80 Å². The number of likely N-dealkylation sites (N-methyl/N-ethyl adjacent to an activating group) is 2. The summed E-state index contributed by atoms with van der Waals surface area (Å²) in [5, 5.41) is 0. The average Bonchev–Trinajstić information content (AvgIpc) is 2.16. The van der Waals surface area contributed by atoms with Gasteiger partial charge in [0.25, 0.3) is 0 Å². The van der Waals surface area contributed by atoms with Gasteiger partial charge in [0.15, 0.2) is 0 Å². The lowest BCUT2D eigenvalue weighted by Crippen LogP contribution is -2.46. The summed E-state index contributed by atoms with van der Waals surface area (Å²) in [6, 6.07) is 0.407. The van der Waals surface area contributed by atoms with E-state index in [0.717, 1.165) is 19.7 Å². The van der Waals surface area contributed by atoms with E-state index in [2.05, 4.69) is 37.9 Å². The van der Waals surface area contributed by atoms with Gasteiger partial charge in [0, 0.05) is 32.8 Å². The Hall–Kier alpha value is -0.160. The van der Waals surface area contributed by atoms with Crippen LogP contribution < -0.4 is 5.73 Å². The molecule has 2 unspecified atom stereocenters. The second-order valence-corrected chi connectivity index (χ2v) is 4.52. The Morgan fingerprint density at radius 3 is 2.20 bits per heavy atom. The fourth-order valence-electron chi connectivity index (χ4n) is 1.74. The molecule has 4 heteroatoms. The van der Waals surface area contributed by atoms with Crippen LogP contribution in [0.25, 0.3) is 0 Å². The first-order valence-electron chi connectivity index (χ1n) is 5.56. The molecule has 0 aromatic rings. The van der Waals surface area contributed by atoms with Gasteiger partial charge in [0.2, 0.25) is 0 Å². The number of rotatable bonds is 8. The molecule has 0 saturated carbocycles. The molecule has 0 aliphatic carbocycles. The normalized spacial score (nSPS) is 16.0. The molecule has 0 fully saturated rings. The van der Waals surface area contributed by atoms with Gasteiger partial charge in [0.1, 0.15) is 0 Å². The quantitative estimate of drug-likeness (QED) is 0.626. The summed E-state index contributed by atoms with van der Waals surface area (Å²) in [7, 11) is 8.05. The molecule has 0 spiro atoms. The summed E-state index contributed by atoms with van der Waals surface area (Å²) in [5.74, 6) is 0.479. The van der Waals surface area contributed by atoms with E-state index in [1.807, 2.05) is 0 Å². The zero-order valence-corrected chi connectivity index (χ0v) is 10.9. The first-order chi connectivity index (χ1) is 7.02. The largest absolute Gasteiger partial charge is 0.384 e. The van der Waals surface area contributed by atoms with E-state index in [0.29, 0.717) is 18.5 Å². The minimum Gasteiger partial charge on any atom is -0.384 e. The highest BCUT2D eigenvalue weighted by Crippen LogP contribution is 2.08. The summed E-state index contributed by atoms with van der Waals surface area (Å²) >= 11 is 0. The first-order valence-corrected chi connectivity index (χ1v) is 5.56. The number of hydrogen-bond donors (Lipinski definition) is 1. The molecule has 4 nitrogen and oxygen atoms in total. The zero-order valence-electron chi connectivity index (χ0n) is 10.9. The maximum absolute atomic E-state index is 5.80. The zero-order chi connectivity index (χ0) is 11.8. The summed E-state index contributed by atoms with van der Waals surface area (Å²) in [5.41, 5.74) is 5.80. The van der Waals surface area contributed by atoms with Crippen LogP contribution in [0.2, 0.25) is 0 Å². The Morgan fingerprint density at radius 2 is 1.80 bits per heavy atom. The van der Waals surface area contributed by atoms with Crippen LogP contribution in [-0.4, -0.2) is 70.3 Å². The minimum absolute atomic E-state index is 0.407. The number of hydrogen-bond acceptors (Lipinski definition) is 4. The second kappa shape index (κ2) is 8.05. The van der Waals surface area contributed by atoms with E-state index in [1.165, 1.54) is 0 Å². The number of ether oxygens (including phenoxy) is 1. The van der Waals surface area contributed by atoms with E-state index in [-0.39, 0.29) is 0 Å². The lowest BCUT2D eigenvalue weighted by molar-refractivity contribution is 0.0951. The molecule has 2 atom stereocenters. The Balaban J connectivity index is 4.02. The third kappa shape index (κ3) is 6.10. The van der Waals surface area contributed by atoms with Gasteiger partial charge in [-0.1, -0.05) is 6.92 Å². The fraction of sp³-hybridized carbons (Fsp3) is 1.00. The Morgan fingerprint density at radius 1 is 1.20 bits per heavy atom. The highest BCUT2D eigenvalue weighted by atomic mass is 16.5. The van der Waals surface area contributed by atoms with Crippen molar-refractivity contribution in [2.45, 2.75) is 13.0 Å². The number of nitrogens with zero attached hydrogens (tertiary/aromatic N) is 2. The molecule has 0 aliphatic rings. The van der Waals surface area contributed by atoms with Crippen LogP contribution in [-0.2, 0) is 4.74 Å². The Bertz CT molecular complexity index is 153. The topological polar surface area (TPSA) is 41.7 Å². The van der Waals surface area contributed by atoms with Crippen molar-refractivity contribution < 1.29 is 4.74 Å². The smallest absolute Gasteiger partial charge is 0.0503 e. The van der Waals surface area contributed by atoms with E-state index >= 15 is 0 Å². The van der Waals surface area contributed by atoms with Crippen LogP contribution in [0.3, 0.4) is 0 Å². The van der Waals surface area contributed by atoms with Crippen molar-refractivity contribution in [2.24, 2.45) is 11.7 Å². The minimum atomic E-state index is 0.407. The van der Waals surface area contributed by atoms with Crippen molar-refractivity contribution in [1.29, 1.82) is 0 Å². The van der Waals surface area contributed by atoms with E-state index in [4.69, 9.17) is 10.5 Å². The predicted octanol–water partition coefficient (Wildman–Crippen LogP) is 0.0896. The Kier molecular flexibility index (Phi) is 7.96. The average molecular weight is 217 g/mol. The lowest BCUT2D eigenvalue weighted by atomic mass is 10.0. The number of methoxy groups -OCH3 is 1. The summed E-state index contributed by atoms with van der Waals surface area (Å²) in [6.07, 6.45) is 0. The molecule has 0 amide bonds. The maximum atomic E-state index is 5.80. The van der Waals surface area contributed by atoms with E-state index < -0.39 is 0 Å². The molecular weight excluding hydrogens is 190 g/mol. The van der Waals surface area contributed by atoms with Gasteiger partial charge in [-0.2, -0.15) is 0 Å². The van der Waals surface area contributed by atoms with Gasteiger partial charge >= 0.3 is 0 Å². The summed E-state index contributed by atoms with van der Waals surface area (Å²) in [4.78, 5) is 4.51. The molecule has 0 radical (unpaired) electrons. The molecule has 0 rings (SSSR count). The SMILES string of the molecule is COCC(C)C(CN)N(C)CCN(C)C. The molecule has 0 heterocycles. The molecule has 0 saturated heterocycles. The van der Waals surface area contributed by atoms with Crippen LogP contribution in [0.15, 0.2) is 0 Å². The van der Waals surface area contributed by atoms with Gasteiger partial charge in [0.05, 0.1) is 6.61 Å². The van der Waals surface area contributed by atoms with Crippen molar-refractivity contribution in [2.75, 3.05) is 54.5 Å². The first kappa shape index (κ1) is 14.8. The van der Waals surface area contributed by atoms with E-state index in [1.54, 1.807) is 7.11 Å².